The number of carbonyl (C=O) groups excluding carboxylic acids is 2. The summed E-state index contributed by atoms with van der Waals surface area (Å²) >= 11 is 0. The van der Waals surface area contributed by atoms with Crippen LogP contribution in [0, 0.1) is 23.1 Å². The topological polar surface area (TPSA) is 72.2 Å². The molecule has 0 spiro atoms. The van der Waals surface area contributed by atoms with Gasteiger partial charge in [0.15, 0.2) is 11.6 Å². The fraction of sp³-hybridized carbons (Fsp3) is 0.444. The number of amides is 2. The van der Waals surface area contributed by atoms with Crippen molar-refractivity contribution < 1.29 is 18.4 Å². The lowest BCUT2D eigenvalue weighted by molar-refractivity contribution is -0.119. The molecule has 3 N–H and O–H groups in total. The minimum atomic E-state index is -1.86. The number of carbonyl (C=O) groups is 2. The summed E-state index contributed by atoms with van der Waals surface area (Å²) in [5.74, 6) is -1.17. The summed E-state index contributed by atoms with van der Waals surface area (Å²) in [7, 11) is -1.86. The highest BCUT2D eigenvalue weighted by atomic mass is 28.3. The van der Waals surface area contributed by atoms with E-state index in [1.54, 1.807) is 0 Å². The Morgan fingerprint density at radius 1 is 1.28 bits per heavy atom. The first-order chi connectivity index (χ1) is 11.4. The lowest BCUT2D eigenvalue weighted by atomic mass is 10.1. The average Bonchev–Trinajstić information content (AvgIpc) is 2.47. The summed E-state index contributed by atoms with van der Waals surface area (Å²) in [4.78, 5) is 23.6. The van der Waals surface area contributed by atoms with Gasteiger partial charge in [-0.1, -0.05) is 39.9 Å². The molecule has 7 heteroatoms. The van der Waals surface area contributed by atoms with E-state index in [1.807, 2.05) is 0 Å². The zero-order valence-electron chi connectivity index (χ0n) is 15.2. The first-order valence-electron chi connectivity index (χ1n) is 7.91. The summed E-state index contributed by atoms with van der Waals surface area (Å²) in [6.07, 6.45) is 0.0184. The molecule has 1 atom stereocenters. The van der Waals surface area contributed by atoms with Gasteiger partial charge in [-0.2, -0.15) is 0 Å². The molecule has 1 aromatic rings. The third-order valence-corrected chi connectivity index (χ3v) is 8.98. The largest absolute Gasteiger partial charge is 0.368 e. The minimum Gasteiger partial charge on any atom is -0.368 e. The van der Waals surface area contributed by atoms with E-state index >= 15 is 0 Å². The van der Waals surface area contributed by atoms with Crippen LogP contribution >= 0.6 is 0 Å². The number of rotatable bonds is 4. The van der Waals surface area contributed by atoms with Gasteiger partial charge in [-0.3, -0.25) is 9.59 Å². The standard InChI is InChI=1S/C18H24F2N2O2Si/c1-18(2,3)25(4,5)11-7-10-14(16(21)23)22-17(24)12-8-6-9-13(19)15(12)20/h6,8-9,14H,10H2,1-5H3,(H2,21,23)(H,22,24)/t14-/m0/s1. The summed E-state index contributed by atoms with van der Waals surface area (Å²) in [5.41, 5.74) is 8.02. The van der Waals surface area contributed by atoms with Gasteiger partial charge in [0, 0.05) is 6.42 Å². The molecule has 0 heterocycles. The Hall–Kier alpha value is -2.20. The van der Waals surface area contributed by atoms with E-state index in [0.29, 0.717) is 0 Å². The number of benzene rings is 1. The highest BCUT2D eigenvalue weighted by Gasteiger charge is 2.33. The minimum absolute atomic E-state index is 0.0184. The first kappa shape index (κ1) is 20.8. The van der Waals surface area contributed by atoms with E-state index in [-0.39, 0.29) is 11.5 Å². The molecule has 4 nitrogen and oxygen atoms in total. The Balaban J connectivity index is 2.92. The monoisotopic (exact) mass is 366 g/mol. The number of halogens is 2. The molecule has 25 heavy (non-hydrogen) atoms. The van der Waals surface area contributed by atoms with Crippen molar-refractivity contribution in [2.45, 2.75) is 51.4 Å². The van der Waals surface area contributed by atoms with Crippen molar-refractivity contribution in [1.82, 2.24) is 5.32 Å². The van der Waals surface area contributed by atoms with Gasteiger partial charge in [0.2, 0.25) is 5.91 Å². The van der Waals surface area contributed by atoms with Gasteiger partial charge < -0.3 is 11.1 Å². The van der Waals surface area contributed by atoms with Crippen molar-refractivity contribution >= 4 is 19.9 Å². The molecule has 2 amide bonds. The molecular weight excluding hydrogens is 342 g/mol. The quantitative estimate of drug-likeness (QED) is 0.635. The van der Waals surface area contributed by atoms with Gasteiger partial charge in [0.1, 0.15) is 14.1 Å². The Labute approximate surface area is 148 Å². The second-order valence-corrected chi connectivity index (χ2v) is 12.4. The van der Waals surface area contributed by atoms with Crippen molar-refractivity contribution in [3.63, 3.8) is 0 Å². The summed E-state index contributed by atoms with van der Waals surface area (Å²) in [6, 6.07) is 2.17. The van der Waals surface area contributed by atoms with Crippen molar-refractivity contribution in [3.8, 4) is 11.5 Å². The molecule has 0 bridgehead atoms. The second kappa shape index (κ2) is 7.79. The number of primary amides is 1. The molecule has 0 saturated carbocycles. The zero-order chi connectivity index (χ0) is 19.4. The average molecular weight is 366 g/mol. The maximum atomic E-state index is 13.7. The van der Waals surface area contributed by atoms with Gasteiger partial charge in [0.25, 0.3) is 5.91 Å². The van der Waals surface area contributed by atoms with E-state index in [1.165, 1.54) is 6.07 Å². The Morgan fingerprint density at radius 3 is 2.40 bits per heavy atom. The normalized spacial score (nSPS) is 12.8. The molecular formula is C18H24F2N2O2Si. The smallest absolute Gasteiger partial charge is 0.255 e. The number of nitrogens with two attached hydrogens (primary N) is 1. The molecule has 0 aliphatic heterocycles. The van der Waals surface area contributed by atoms with Crippen LogP contribution in [0.1, 0.15) is 37.6 Å². The van der Waals surface area contributed by atoms with Gasteiger partial charge >= 0.3 is 0 Å². The Kier molecular flexibility index (Phi) is 6.49. The van der Waals surface area contributed by atoms with Crippen LogP contribution in [0.25, 0.3) is 0 Å². The fourth-order valence-corrected chi connectivity index (χ4v) is 2.62. The zero-order valence-corrected chi connectivity index (χ0v) is 16.2. The van der Waals surface area contributed by atoms with Crippen LogP contribution in [0.4, 0.5) is 8.78 Å². The van der Waals surface area contributed by atoms with Crippen LogP contribution in [0.3, 0.4) is 0 Å². The molecule has 0 radical (unpaired) electrons. The van der Waals surface area contributed by atoms with Crippen LogP contribution in [-0.4, -0.2) is 25.9 Å². The molecule has 136 valence electrons. The predicted octanol–water partition coefficient (Wildman–Crippen LogP) is 2.99. The van der Waals surface area contributed by atoms with E-state index in [2.05, 4.69) is 50.6 Å². The van der Waals surface area contributed by atoms with Crippen molar-refractivity contribution in [2.24, 2.45) is 5.73 Å². The molecule has 0 saturated heterocycles. The van der Waals surface area contributed by atoms with Crippen LogP contribution in [0.15, 0.2) is 18.2 Å². The summed E-state index contributed by atoms with van der Waals surface area (Å²) in [6.45, 7) is 10.5. The van der Waals surface area contributed by atoms with Gasteiger partial charge in [-0.25, -0.2) is 8.78 Å². The summed E-state index contributed by atoms with van der Waals surface area (Å²) < 4.78 is 26.9. The lowest BCUT2D eigenvalue weighted by Gasteiger charge is -2.31. The Morgan fingerprint density at radius 2 is 1.88 bits per heavy atom. The third-order valence-electron chi connectivity index (χ3n) is 4.43. The van der Waals surface area contributed by atoms with Crippen molar-refractivity contribution in [2.75, 3.05) is 0 Å². The summed E-state index contributed by atoms with van der Waals surface area (Å²) in [5, 5.41) is 2.37. The van der Waals surface area contributed by atoms with Crippen LogP contribution < -0.4 is 11.1 Å². The van der Waals surface area contributed by atoms with E-state index in [4.69, 9.17) is 5.73 Å². The second-order valence-electron chi connectivity index (χ2n) is 7.41. The number of hydrogen-bond acceptors (Lipinski definition) is 2. The van der Waals surface area contributed by atoms with Gasteiger partial charge in [0.05, 0.1) is 5.56 Å². The van der Waals surface area contributed by atoms with E-state index in [9.17, 15) is 18.4 Å². The molecule has 0 aromatic heterocycles. The van der Waals surface area contributed by atoms with Crippen LogP contribution in [0.2, 0.25) is 18.1 Å². The predicted molar refractivity (Wildman–Crippen MR) is 96.4 cm³/mol. The first-order valence-corrected chi connectivity index (χ1v) is 10.9. The van der Waals surface area contributed by atoms with Crippen LogP contribution in [-0.2, 0) is 4.79 Å². The van der Waals surface area contributed by atoms with Crippen molar-refractivity contribution in [3.05, 3.63) is 35.4 Å². The maximum Gasteiger partial charge on any atom is 0.255 e. The van der Waals surface area contributed by atoms with Crippen LogP contribution in [0.5, 0.6) is 0 Å². The third kappa shape index (κ3) is 5.39. The lowest BCUT2D eigenvalue weighted by Crippen LogP contribution is -2.44. The molecule has 0 fully saturated rings. The number of hydrogen-bond donors (Lipinski definition) is 2. The maximum absolute atomic E-state index is 13.7. The SMILES string of the molecule is CC(C)(C)[Si](C)(C)C#CC[C@H](NC(=O)c1cccc(F)c1F)C(N)=O. The molecule has 0 aliphatic carbocycles. The molecule has 1 rings (SSSR count). The highest BCUT2D eigenvalue weighted by Crippen LogP contribution is 2.35. The highest BCUT2D eigenvalue weighted by molar-refractivity contribution is 6.87. The fourth-order valence-electron chi connectivity index (χ4n) is 1.70. The molecule has 0 unspecified atom stereocenters. The van der Waals surface area contributed by atoms with Crippen molar-refractivity contribution in [1.29, 1.82) is 0 Å². The molecule has 0 aliphatic rings. The van der Waals surface area contributed by atoms with E-state index in [0.717, 1.165) is 12.1 Å². The van der Waals surface area contributed by atoms with Gasteiger partial charge in [-0.15, -0.1) is 11.5 Å². The van der Waals surface area contributed by atoms with Gasteiger partial charge in [-0.05, 0) is 17.2 Å². The van der Waals surface area contributed by atoms with E-state index < -0.39 is 43.1 Å². The molecule has 1 aromatic carbocycles. The number of nitrogens with one attached hydrogen (secondary N) is 1. The Bertz CT molecular complexity index is 731.